The molecule has 1 heterocycles. The Morgan fingerprint density at radius 2 is 2.17 bits per heavy atom. The number of aliphatic hydroxyl groups is 1. The van der Waals surface area contributed by atoms with Crippen LogP contribution in [-0.2, 0) is 10.3 Å². The van der Waals surface area contributed by atoms with E-state index in [1.54, 1.807) is 44.2 Å². The van der Waals surface area contributed by atoms with E-state index in [2.05, 4.69) is 10.3 Å². The van der Waals surface area contributed by atoms with Gasteiger partial charge in [0.25, 0.3) is 0 Å². The maximum absolute atomic E-state index is 11.6. The molecular weight excluding hydrogens is 316 g/mol. The molecule has 0 bridgehead atoms. The van der Waals surface area contributed by atoms with Crippen molar-refractivity contribution in [3.05, 3.63) is 58.7 Å². The van der Waals surface area contributed by atoms with Gasteiger partial charge in [-0.15, -0.1) is 0 Å². The summed E-state index contributed by atoms with van der Waals surface area (Å²) in [7, 11) is 0. The molecule has 2 N–H and O–H groups in total. The minimum absolute atomic E-state index is 0.249. The minimum Gasteiger partial charge on any atom is -0.462 e. The molecule has 5 nitrogen and oxygen atoms in total. The third-order valence-electron chi connectivity index (χ3n) is 3.33. The molecule has 2 aromatic rings. The summed E-state index contributed by atoms with van der Waals surface area (Å²) in [6.07, 6.45) is 1.44. The summed E-state index contributed by atoms with van der Waals surface area (Å²) in [6.45, 7) is 4.01. The average Bonchev–Trinajstić information content (AvgIpc) is 2.54. The molecule has 0 saturated carbocycles. The van der Waals surface area contributed by atoms with Gasteiger partial charge >= 0.3 is 5.97 Å². The van der Waals surface area contributed by atoms with Gasteiger partial charge in [0.2, 0.25) is 0 Å². The SMILES string of the molecule is CCOC(=O)c1ccc(NCC(C)(O)c2cccc(Cl)c2)nc1. The Balaban J connectivity index is 2.01. The number of halogens is 1. The van der Waals surface area contributed by atoms with E-state index in [0.717, 1.165) is 0 Å². The number of nitrogens with zero attached hydrogens (tertiary/aromatic N) is 1. The van der Waals surface area contributed by atoms with Crippen LogP contribution < -0.4 is 5.32 Å². The van der Waals surface area contributed by atoms with Gasteiger partial charge in [-0.2, -0.15) is 0 Å². The van der Waals surface area contributed by atoms with Crippen LogP contribution in [0, 0.1) is 0 Å². The van der Waals surface area contributed by atoms with Gasteiger partial charge in [0, 0.05) is 17.8 Å². The molecule has 0 aliphatic rings. The molecule has 0 radical (unpaired) electrons. The van der Waals surface area contributed by atoms with Gasteiger partial charge in [0.15, 0.2) is 0 Å². The Morgan fingerprint density at radius 3 is 2.78 bits per heavy atom. The fourth-order valence-electron chi connectivity index (χ4n) is 2.02. The Kier molecular flexibility index (Phi) is 5.58. The highest BCUT2D eigenvalue weighted by Gasteiger charge is 2.23. The first-order valence-electron chi connectivity index (χ1n) is 7.28. The Morgan fingerprint density at radius 1 is 1.39 bits per heavy atom. The lowest BCUT2D eigenvalue weighted by Gasteiger charge is -2.24. The van der Waals surface area contributed by atoms with Crippen molar-refractivity contribution in [2.24, 2.45) is 0 Å². The number of nitrogens with one attached hydrogen (secondary N) is 1. The van der Waals surface area contributed by atoms with E-state index >= 15 is 0 Å². The predicted molar refractivity (Wildman–Crippen MR) is 89.7 cm³/mol. The summed E-state index contributed by atoms with van der Waals surface area (Å²) in [6, 6.07) is 10.4. The Bertz CT molecular complexity index is 672. The van der Waals surface area contributed by atoms with E-state index in [1.165, 1.54) is 6.20 Å². The molecule has 1 aromatic carbocycles. The molecule has 6 heteroatoms. The number of anilines is 1. The first kappa shape index (κ1) is 17.2. The maximum Gasteiger partial charge on any atom is 0.339 e. The lowest BCUT2D eigenvalue weighted by atomic mass is 9.96. The summed E-state index contributed by atoms with van der Waals surface area (Å²) in [5, 5.41) is 14.2. The van der Waals surface area contributed by atoms with Crippen molar-refractivity contribution in [2.45, 2.75) is 19.4 Å². The molecule has 0 amide bonds. The second-order valence-electron chi connectivity index (χ2n) is 5.29. The molecule has 1 unspecified atom stereocenters. The molecule has 0 aliphatic carbocycles. The lowest BCUT2D eigenvalue weighted by Crippen LogP contribution is -2.31. The summed E-state index contributed by atoms with van der Waals surface area (Å²) >= 11 is 5.95. The average molecular weight is 335 g/mol. The number of esters is 1. The topological polar surface area (TPSA) is 71.5 Å². The minimum atomic E-state index is -1.10. The zero-order chi connectivity index (χ0) is 16.9. The normalized spacial score (nSPS) is 13.2. The van der Waals surface area contributed by atoms with Crippen LogP contribution in [0.25, 0.3) is 0 Å². The molecule has 0 saturated heterocycles. The molecule has 0 aliphatic heterocycles. The van der Waals surface area contributed by atoms with Crippen molar-refractivity contribution in [2.75, 3.05) is 18.5 Å². The second-order valence-corrected chi connectivity index (χ2v) is 5.73. The van der Waals surface area contributed by atoms with Gasteiger partial charge in [0.1, 0.15) is 11.4 Å². The molecule has 2 rings (SSSR count). The summed E-state index contributed by atoms with van der Waals surface area (Å²) in [5.41, 5.74) is -0.00788. The zero-order valence-electron chi connectivity index (χ0n) is 13.0. The number of carbonyl (C=O) groups is 1. The lowest BCUT2D eigenvalue weighted by molar-refractivity contribution is 0.0525. The number of benzene rings is 1. The fourth-order valence-corrected chi connectivity index (χ4v) is 2.21. The van der Waals surface area contributed by atoms with Gasteiger partial charge in [-0.25, -0.2) is 9.78 Å². The van der Waals surface area contributed by atoms with Crippen LogP contribution in [0.3, 0.4) is 0 Å². The first-order valence-corrected chi connectivity index (χ1v) is 7.65. The molecule has 0 fully saturated rings. The number of carbonyl (C=O) groups excluding carboxylic acids is 1. The van der Waals surface area contributed by atoms with Crippen molar-refractivity contribution < 1.29 is 14.6 Å². The van der Waals surface area contributed by atoms with Crippen LogP contribution in [0.5, 0.6) is 0 Å². The van der Waals surface area contributed by atoms with Crippen LogP contribution >= 0.6 is 11.6 Å². The summed E-state index contributed by atoms with van der Waals surface area (Å²) < 4.78 is 4.90. The van der Waals surface area contributed by atoms with E-state index in [0.29, 0.717) is 28.6 Å². The van der Waals surface area contributed by atoms with Crippen molar-refractivity contribution in [1.82, 2.24) is 4.98 Å². The number of hydrogen-bond acceptors (Lipinski definition) is 5. The number of aromatic nitrogens is 1. The molecule has 1 aromatic heterocycles. The first-order chi connectivity index (χ1) is 10.9. The van der Waals surface area contributed by atoms with Crippen LogP contribution in [0.15, 0.2) is 42.6 Å². The standard InChI is InChI=1S/C17H19ClN2O3/c1-3-23-16(21)12-7-8-15(19-10-12)20-11-17(2,22)13-5-4-6-14(18)9-13/h4-10,22H,3,11H2,1-2H3,(H,19,20). The molecule has 1 atom stereocenters. The van der Waals surface area contributed by atoms with Gasteiger partial charge < -0.3 is 15.2 Å². The van der Waals surface area contributed by atoms with E-state index in [-0.39, 0.29) is 6.54 Å². The largest absolute Gasteiger partial charge is 0.462 e. The number of pyridine rings is 1. The third kappa shape index (κ3) is 4.68. The Labute approximate surface area is 140 Å². The maximum atomic E-state index is 11.6. The summed E-state index contributed by atoms with van der Waals surface area (Å²) in [5.74, 6) is 0.151. The number of hydrogen-bond donors (Lipinski definition) is 2. The third-order valence-corrected chi connectivity index (χ3v) is 3.57. The Hall–Kier alpha value is -2.11. The van der Waals surface area contributed by atoms with Crippen molar-refractivity contribution >= 4 is 23.4 Å². The van der Waals surface area contributed by atoms with Crippen molar-refractivity contribution in [3.8, 4) is 0 Å². The fraction of sp³-hybridized carbons (Fsp3) is 0.294. The number of rotatable bonds is 6. The monoisotopic (exact) mass is 334 g/mol. The molecule has 0 spiro atoms. The highest BCUT2D eigenvalue weighted by atomic mass is 35.5. The van der Waals surface area contributed by atoms with Gasteiger partial charge in [-0.1, -0.05) is 23.7 Å². The second kappa shape index (κ2) is 7.44. The van der Waals surface area contributed by atoms with Gasteiger partial charge in [0.05, 0.1) is 12.2 Å². The van der Waals surface area contributed by atoms with E-state index in [9.17, 15) is 9.90 Å². The highest BCUT2D eigenvalue weighted by Crippen LogP contribution is 2.23. The quantitative estimate of drug-likeness (QED) is 0.794. The molecule has 122 valence electrons. The van der Waals surface area contributed by atoms with Crippen LogP contribution in [-0.4, -0.2) is 29.2 Å². The van der Waals surface area contributed by atoms with Crippen molar-refractivity contribution in [1.29, 1.82) is 0 Å². The zero-order valence-corrected chi connectivity index (χ0v) is 13.8. The van der Waals surface area contributed by atoms with Crippen molar-refractivity contribution in [3.63, 3.8) is 0 Å². The van der Waals surface area contributed by atoms with Crippen LogP contribution in [0.1, 0.15) is 29.8 Å². The predicted octanol–water partition coefficient (Wildman–Crippen LogP) is 3.23. The smallest absolute Gasteiger partial charge is 0.339 e. The van der Waals surface area contributed by atoms with Gasteiger partial charge in [-0.3, -0.25) is 0 Å². The number of ether oxygens (including phenoxy) is 1. The van der Waals surface area contributed by atoms with Crippen LogP contribution in [0.2, 0.25) is 5.02 Å². The van der Waals surface area contributed by atoms with E-state index < -0.39 is 11.6 Å². The van der Waals surface area contributed by atoms with Gasteiger partial charge in [-0.05, 0) is 43.7 Å². The van der Waals surface area contributed by atoms with E-state index in [4.69, 9.17) is 16.3 Å². The summed E-state index contributed by atoms with van der Waals surface area (Å²) in [4.78, 5) is 15.7. The van der Waals surface area contributed by atoms with Crippen LogP contribution in [0.4, 0.5) is 5.82 Å². The molecular formula is C17H19ClN2O3. The van der Waals surface area contributed by atoms with E-state index in [1.807, 2.05) is 6.07 Å². The highest BCUT2D eigenvalue weighted by molar-refractivity contribution is 6.30. The molecule has 23 heavy (non-hydrogen) atoms.